The van der Waals surface area contributed by atoms with Gasteiger partial charge in [0.05, 0.1) is 21.9 Å². The van der Waals surface area contributed by atoms with Crippen molar-refractivity contribution < 1.29 is 0 Å². The maximum atomic E-state index is 5.00. The Hall–Kier alpha value is -0.580. The van der Waals surface area contributed by atoms with Crippen LogP contribution >= 0.6 is 16.5 Å². The second-order valence-corrected chi connectivity index (χ2v) is 12.6. The van der Waals surface area contributed by atoms with Crippen LogP contribution < -0.4 is 10.9 Å². The summed E-state index contributed by atoms with van der Waals surface area (Å²) in [5.74, 6) is 0. The molecular weight excluding hydrogens is 318 g/mol. The Bertz CT molecular complexity index is 640. The highest BCUT2D eigenvalue weighted by atomic mass is 31.1. The minimum absolute atomic E-state index is 0.250. The highest BCUT2D eigenvalue weighted by molar-refractivity contribution is 7.68. The van der Waals surface area contributed by atoms with E-state index < -0.39 is 0 Å². The quantitative estimate of drug-likeness (QED) is 0.688. The minimum atomic E-state index is -0.330. The van der Waals surface area contributed by atoms with Gasteiger partial charge in [0.1, 0.15) is 0 Å². The van der Waals surface area contributed by atoms with Gasteiger partial charge < -0.3 is 0 Å². The molecule has 1 aromatic heterocycles. The predicted octanol–water partition coefficient (Wildman–Crippen LogP) is 5.29. The van der Waals surface area contributed by atoms with Crippen LogP contribution in [-0.2, 0) is 0 Å². The molecule has 1 aromatic carbocycles. The van der Waals surface area contributed by atoms with Gasteiger partial charge in [-0.25, -0.2) is 9.97 Å². The topological polar surface area (TPSA) is 25.8 Å². The van der Waals surface area contributed by atoms with E-state index in [1.165, 1.54) is 10.9 Å². The molecule has 0 aliphatic rings. The Morgan fingerprint density at radius 1 is 0.870 bits per heavy atom. The van der Waals surface area contributed by atoms with Gasteiger partial charge in [0.25, 0.3) is 0 Å². The van der Waals surface area contributed by atoms with Crippen LogP contribution in [0.3, 0.4) is 0 Å². The van der Waals surface area contributed by atoms with E-state index in [9.17, 15) is 0 Å². The fourth-order valence-electron chi connectivity index (χ4n) is 1.98. The van der Waals surface area contributed by atoms with Crippen molar-refractivity contribution in [2.24, 2.45) is 0 Å². The van der Waals surface area contributed by atoms with E-state index in [1.54, 1.807) is 0 Å². The molecule has 2 aromatic rings. The van der Waals surface area contributed by atoms with Crippen LogP contribution in [0, 0.1) is 0 Å². The molecule has 2 atom stereocenters. The molecule has 0 aliphatic heterocycles. The first-order valence-corrected chi connectivity index (χ1v) is 11.2. The first-order chi connectivity index (χ1) is 10.6. The van der Waals surface area contributed by atoms with E-state index in [0.29, 0.717) is 8.58 Å². The zero-order valence-electron chi connectivity index (χ0n) is 16.2. The summed E-state index contributed by atoms with van der Waals surface area (Å²) in [5.41, 5.74) is 4.49. The lowest BCUT2D eigenvalue weighted by molar-refractivity contribution is 0.789. The van der Waals surface area contributed by atoms with Gasteiger partial charge in [0.2, 0.25) is 0 Å². The third-order valence-electron chi connectivity index (χ3n) is 3.37. The number of nitrogens with zero attached hydrogens (tertiary/aromatic N) is 2. The standard InChI is InChI=1S/C17H26N2P2.C2H6/c1-16(2,3)20-14-15(21(7)17(4,5)6)19-13-11-9-8-10-12(13)18-14;1-2/h8-11,20H,1-7H3;1-2H3. The highest BCUT2D eigenvalue weighted by Crippen LogP contribution is 2.45. The van der Waals surface area contributed by atoms with Crippen molar-refractivity contribution in [1.29, 1.82) is 0 Å². The monoisotopic (exact) mass is 350 g/mol. The van der Waals surface area contributed by atoms with Gasteiger partial charge in [-0.3, -0.25) is 0 Å². The Morgan fingerprint density at radius 3 is 1.78 bits per heavy atom. The normalized spacial score (nSPS) is 14.0. The summed E-state index contributed by atoms with van der Waals surface area (Å²) >= 11 is 0. The van der Waals surface area contributed by atoms with Crippen molar-refractivity contribution in [3.05, 3.63) is 24.3 Å². The largest absolute Gasteiger partial charge is 0.244 e. The van der Waals surface area contributed by atoms with Gasteiger partial charge in [-0.2, -0.15) is 0 Å². The second kappa shape index (κ2) is 8.00. The number of benzene rings is 1. The van der Waals surface area contributed by atoms with Gasteiger partial charge in [-0.1, -0.05) is 84.0 Å². The van der Waals surface area contributed by atoms with Gasteiger partial charge in [0, 0.05) is 0 Å². The third-order valence-corrected chi connectivity index (χ3v) is 7.87. The number of hydrogen-bond donors (Lipinski definition) is 0. The number of hydrogen-bond acceptors (Lipinski definition) is 2. The zero-order valence-corrected chi connectivity index (χ0v) is 18.0. The maximum absolute atomic E-state index is 5.00. The van der Waals surface area contributed by atoms with Crippen molar-refractivity contribution in [3.8, 4) is 0 Å². The summed E-state index contributed by atoms with van der Waals surface area (Å²) < 4.78 is 0. The van der Waals surface area contributed by atoms with Crippen molar-refractivity contribution >= 4 is 38.4 Å². The molecule has 0 fully saturated rings. The average molecular weight is 350 g/mol. The molecule has 1 heterocycles. The number of rotatable bonds is 2. The van der Waals surface area contributed by atoms with Crippen molar-refractivity contribution in [3.63, 3.8) is 0 Å². The summed E-state index contributed by atoms with van der Waals surface area (Å²) in [5, 5.41) is 0.504. The Kier molecular flexibility index (Phi) is 7.12. The predicted molar refractivity (Wildman–Crippen MR) is 111 cm³/mol. The fourth-order valence-corrected chi connectivity index (χ4v) is 4.97. The molecule has 0 amide bonds. The lowest BCUT2D eigenvalue weighted by atomic mass is 10.3. The molecule has 2 unspecified atom stereocenters. The Morgan fingerprint density at radius 2 is 1.35 bits per heavy atom. The lowest BCUT2D eigenvalue weighted by Gasteiger charge is -2.30. The second-order valence-electron chi connectivity index (χ2n) is 7.49. The molecule has 0 N–H and O–H groups in total. The molecule has 0 saturated carbocycles. The molecule has 0 spiro atoms. The minimum Gasteiger partial charge on any atom is -0.244 e. The van der Waals surface area contributed by atoms with Crippen molar-refractivity contribution in [2.75, 3.05) is 6.66 Å². The first-order valence-electron chi connectivity index (χ1n) is 8.37. The summed E-state index contributed by atoms with van der Waals surface area (Å²) in [4.78, 5) is 9.96. The maximum Gasteiger partial charge on any atom is 0.0897 e. The molecule has 2 nitrogen and oxygen atoms in total. The number of para-hydroxylation sites is 2. The van der Waals surface area contributed by atoms with Crippen LogP contribution in [0.15, 0.2) is 24.3 Å². The molecule has 0 bridgehead atoms. The van der Waals surface area contributed by atoms with Crippen LogP contribution in [0.1, 0.15) is 55.4 Å². The van der Waals surface area contributed by atoms with Crippen LogP contribution in [0.4, 0.5) is 0 Å². The highest BCUT2D eigenvalue weighted by Gasteiger charge is 2.27. The van der Waals surface area contributed by atoms with Gasteiger partial charge in [0.15, 0.2) is 0 Å². The Labute approximate surface area is 145 Å². The van der Waals surface area contributed by atoms with Crippen molar-refractivity contribution in [1.82, 2.24) is 9.97 Å². The molecule has 4 heteroatoms. The van der Waals surface area contributed by atoms with Crippen LogP contribution in [-0.4, -0.2) is 26.9 Å². The van der Waals surface area contributed by atoms with Gasteiger partial charge >= 0.3 is 0 Å². The number of fused-ring (bicyclic) bond motifs is 1. The summed E-state index contributed by atoms with van der Waals surface area (Å²) in [6.45, 7) is 20.1. The van der Waals surface area contributed by atoms with E-state index in [-0.39, 0.29) is 18.2 Å². The van der Waals surface area contributed by atoms with Crippen LogP contribution in [0.5, 0.6) is 0 Å². The van der Waals surface area contributed by atoms with Gasteiger partial charge in [-0.05, 0) is 29.1 Å². The molecule has 23 heavy (non-hydrogen) atoms. The summed E-state index contributed by atoms with van der Waals surface area (Å²) in [6, 6.07) is 8.22. The number of aromatic nitrogens is 2. The molecule has 128 valence electrons. The van der Waals surface area contributed by atoms with E-state index >= 15 is 0 Å². The molecule has 0 saturated heterocycles. The molecular formula is C19H32N2P2. The van der Waals surface area contributed by atoms with E-state index in [1.807, 2.05) is 26.0 Å². The van der Waals surface area contributed by atoms with Crippen LogP contribution in [0.2, 0.25) is 0 Å². The molecule has 0 aliphatic carbocycles. The smallest absolute Gasteiger partial charge is 0.0897 e. The SMILES string of the molecule is CC.CP(c1nc2ccccc2nc1PC(C)(C)C)C(C)(C)C. The summed E-state index contributed by atoms with van der Waals surface area (Å²) in [7, 11) is 0.360. The van der Waals surface area contributed by atoms with Gasteiger partial charge in [-0.15, -0.1) is 0 Å². The Balaban J connectivity index is 0.00000127. The van der Waals surface area contributed by atoms with E-state index in [2.05, 4.69) is 60.3 Å². The fraction of sp³-hybridized carbons (Fsp3) is 0.579. The summed E-state index contributed by atoms with van der Waals surface area (Å²) in [6.07, 6.45) is 0. The first kappa shape index (κ1) is 20.5. The molecule has 2 rings (SSSR count). The van der Waals surface area contributed by atoms with E-state index in [4.69, 9.17) is 9.97 Å². The van der Waals surface area contributed by atoms with E-state index in [0.717, 1.165) is 11.0 Å². The van der Waals surface area contributed by atoms with Crippen LogP contribution in [0.25, 0.3) is 11.0 Å². The lowest BCUT2D eigenvalue weighted by Crippen LogP contribution is -2.33. The van der Waals surface area contributed by atoms with Crippen molar-refractivity contribution in [2.45, 2.75) is 65.7 Å². The zero-order chi connectivity index (χ0) is 17.8. The third kappa shape index (κ3) is 5.77. The molecule has 0 radical (unpaired) electrons. The average Bonchev–Trinajstić information content (AvgIpc) is 2.45.